The van der Waals surface area contributed by atoms with E-state index in [0.29, 0.717) is 31.9 Å². The van der Waals surface area contributed by atoms with Crippen molar-refractivity contribution in [3.05, 3.63) is 46.5 Å². The molecule has 0 aromatic carbocycles. The van der Waals surface area contributed by atoms with Gasteiger partial charge >= 0.3 is 5.69 Å². The average Bonchev–Trinajstić information content (AvgIpc) is 2.73. The number of anilines is 2. The van der Waals surface area contributed by atoms with E-state index in [1.165, 1.54) is 18.7 Å². The summed E-state index contributed by atoms with van der Waals surface area (Å²) in [6.45, 7) is 4.17. The summed E-state index contributed by atoms with van der Waals surface area (Å²) in [5.74, 6) is -0.541. The smallest absolute Gasteiger partial charge is 0.354 e. The average molecular weight is 388 g/mol. The van der Waals surface area contributed by atoms with Crippen molar-refractivity contribution in [2.45, 2.75) is 0 Å². The number of aromatic nitrogens is 3. The first kappa shape index (κ1) is 19.4. The van der Waals surface area contributed by atoms with Crippen molar-refractivity contribution in [1.82, 2.24) is 25.3 Å². The Morgan fingerprint density at radius 2 is 2.07 bits per heavy atom. The molecule has 12 heteroatoms. The molecule has 3 heterocycles. The van der Waals surface area contributed by atoms with Gasteiger partial charge in [0, 0.05) is 38.6 Å². The maximum Gasteiger partial charge on any atom is 0.354 e. The predicted octanol–water partition coefficient (Wildman–Crippen LogP) is 0.281. The number of carbonyl (C=O) groups excluding carboxylic acids is 1. The van der Waals surface area contributed by atoms with E-state index in [9.17, 15) is 14.9 Å². The lowest BCUT2D eigenvalue weighted by atomic mass is 10.3. The highest BCUT2D eigenvalue weighted by Crippen LogP contribution is 2.28. The highest BCUT2D eigenvalue weighted by molar-refractivity contribution is 5.94. The standard InChI is InChI=1S/C16H20N8O4/c25-16(12-2-1-3-17-10-12)22-21-15-13(24(26)27)14(19-11-20-15)18-4-5-23-6-8-28-9-7-23/h1-3,10-11H,4-9H2,(H,22,25)(H2,18,19,20,21). The summed E-state index contributed by atoms with van der Waals surface area (Å²) in [7, 11) is 0. The maximum atomic E-state index is 12.1. The monoisotopic (exact) mass is 388 g/mol. The molecular weight excluding hydrogens is 368 g/mol. The predicted molar refractivity (Wildman–Crippen MR) is 99.8 cm³/mol. The van der Waals surface area contributed by atoms with Crippen molar-refractivity contribution in [2.24, 2.45) is 0 Å². The third kappa shape index (κ3) is 5.08. The second-order valence-corrected chi connectivity index (χ2v) is 5.88. The molecule has 28 heavy (non-hydrogen) atoms. The molecule has 0 saturated carbocycles. The summed E-state index contributed by atoms with van der Waals surface area (Å²) < 4.78 is 5.29. The van der Waals surface area contributed by atoms with Gasteiger partial charge < -0.3 is 10.1 Å². The van der Waals surface area contributed by atoms with Crippen LogP contribution in [0, 0.1) is 10.1 Å². The molecule has 0 atom stereocenters. The van der Waals surface area contributed by atoms with E-state index in [-0.39, 0.29) is 17.3 Å². The zero-order valence-electron chi connectivity index (χ0n) is 15.0. The molecule has 148 valence electrons. The second-order valence-electron chi connectivity index (χ2n) is 5.88. The van der Waals surface area contributed by atoms with Gasteiger partial charge in [-0.3, -0.25) is 35.6 Å². The molecule has 1 aliphatic heterocycles. The van der Waals surface area contributed by atoms with E-state index < -0.39 is 10.8 Å². The van der Waals surface area contributed by atoms with Crippen LogP contribution in [0.1, 0.15) is 10.4 Å². The van der Waals surface area contributed by atoms with Crippen LogP contribution in [0.2, 0.25) is 0 Å². The third-order valence-corrected chi connectivity index (χ3v) is 4.05. The van der Waals surface area contributed by atoms with Gasteiger partial charge in [0.25, 0.3) is 5.91 Å². The van der Waals surface area contributed by atoms with E-state index in [1.807, 2.05) is 0 Å². The fourth-order valence-corrected chi connectivity index (χ4v) is 2.61. The Hall–Kier alpha value is -3.38. The number of nitrogens with one attached hydrogen (secondary N) is 3. The highest BCUT2D eigenvalue weighted by atomic mass is 16.6. The molecule has 0 aliphatic carbocycles. The molecule has 3 rings (SSSR count). The van der Waals surface area contributed by atoms with Gasteiger partial charge in [-0.2, -0.15) is 0 Å². The number of rotatable bonds is 8. The lowest BCUT2D eigenvalue weighted by Crippen LogP contribution is -2.39. The Morgan fingerprint density at radius 3 is 2.79 bits per heavy atom. The SMILES string of the molecule is O=C(NNc1ncnc(NCCN2CCOCC2)c1[N+](=O)[O-])c1cccnc1. The van der Waals surface area contributed by atoms with Crippen molar-refractivity contribution >= 4 is 23.2 Å². The number of hydrazine groups is 1. The van der Waals surface area contributed by atoms with Crippen molar-refractivity contribution in [2.75, 3.05) is 50.1 Å². The van der Waals surface area contributed by atoms with E-state index in [4.69, 9.17) is 4.74 Å². The topological polar surface area (TPSA) is 147 Å². The molecule has 12 nitrogen and oxygen atoms in total. The van der Waals surface area contributed by atoms with Crippen molar-refractivity contribution < 1.29 is 14.5 Å². The first-order valence-corrected chi connectivity index (χ1v) is 8.65. The van der Waals surface area contributed by atoms with Gasteiger partial charge in [0.1, 0.15) is 6.33 Å². The Morgan fingerprint density at radius 1 is 1.29 bits per heavy atom. The number of hydrogen-bond acceptors (Lipinski definition) is 10. The summed E-state index contributed by atoms with van der Waals surface area (Å²) >= 11 is 0. The van der Waals surface area contributed by atoms with E-state index >= 15 is 0 Å². The third-order valence-electron chi connectivity index (χ3n) is 4.05. The number of carbonyl (C=O) groups is 1. The van der Waals surface area contributed by atoms with Gasteiger partial charge in [-0.25, -0.2) is 9.97 Å². The normalized spacial score (nSPS) is 14.3. The van der Waals surface area contributed by atoms with Crippen LogP contribution in [0.15, 0.2) is 30.9 Å². The molecule has 1 aliphatic rings. The number of hydrogen-bond donors (Lipinski definition) is 3. The molecule has 1 fully saturated rings. The molecule has 0 unspecified atom stereocenters. The zero-order valence-corrected chi connectivity index (χ0v) is 15.0. The minimum absolute atomic E-state index is 0.0754. The van der Waals surface area contributed by atoms with Crippen molar-refractivity contribution in [1.29, 1.82) is 0 Å². The number of nitrogens with zero attached hydrogens (tertiary/aromatic N) is 5. The molecule has 2 aromatic heterocycles. The molecular formula is C16H20N8O4. The lowest BCUT2D eigenvalue weighted by Gasteiger charge is -2.26. The molecule has 1 amide bonds. The van der Waals surface area contributed by atoms with Crippen LogP contribution in [0.4, 0.5) is 17.3 Å². The number of ether oxygens (including phenoxy) is 1. The first-order valence-electron chi connectivity index (χ1n) is 8.65. The van der Waals surface area contributed by atoms with Gasteiger partial charge in [0.15, 0.2) is 0 Å². The van der Waals surface area contributed by atoms with Gasteiger partial charge in [0.2, 0.25) is 11.6 Å². The number of morpholine rings is 1. The summed E-state index contributed by atoms with van der Waals surface area (Å²) in [5.41, 5.74) is 4.81. The summed E-state index contributed by atoms with van der Waals surface area (Å²) in [5, 5.41) is 14.5. The minimum Gasteiger partial charge on any atom is -0.379 e. The van der Waals surface area contributed by atoms with Gasteiger partial charge in [0.05, 0.1) is 23.7 Å². The number of amides is 1. The fraction of sp³-hybridized carbons (Fsp3) is 0.375. The molecule has 0 bridgehead atoms. The maximum absolute atomic E-state index is 12.1. The van der Waals surface area contributed by atoms with Crippen molar-refractivity contribution in [3.8, 4) is 0 Å². The Bertz CT molecular complexity index is 814. The Labute approximate surface area is 160 Å². The van der Waals surface area contributed by atoms with Crippen LogP contribution in [0.25, 0.3) is 0 Å². The van der Waals surface area contributed by atoms with Crippen LogP contribution < -0.4 is 16.2 Å². The molecule has 0 spiro atoms. The lowest BCUT2D eigenvalue weighted by molar-refractivity contribution is -0.383. The summed E-state index contributed by atoms with van der Waals surface area (Å²) in [6.07, 6.45) is 4.10. The minimum atomic E-state index is -0.602. The van der Waals surface area contributed by atoms with Crippen LogP contribution in [0.5, 0.6) is 0 Å². The quantitative estimate of drug-likeness (QED) is 0.425. The fourth-order valence-electron chi connectivity index (χ4n) is 2.61. The van der Waals surface area contributed by atoms with Gasteiger partial charge in [-0.05, 0) is 12.1 Å². The second kappa shape index (κ2) is 9.53. The molecule has 2 aromatic rings. The number of pyridine rings is 1. The molecule has 1 saturated heterocycles. The largest absolute Gasteiger partial charge is 0.379 e. The van der Waals surface area contributed by atoms with Crippen molar-refractivity contribution in [3.63, 3.8) is 0 Å². The first-order chi connectivity index (χ1) is 13.6. The molecule has 3 N–H and O–H groups in total. The van der Waals surface area contributed by atoms with Crippen LogP contribution >= 0.6 is 0 Å². The zero-order chi connectivity index (χ0) is 19.8. The van der Waals surface area contributed by atoms with E-state index in [0.717, 1.165) is 13.1 Å². The van der Waals surface area contributed by atoms with E-state index in [1.54, 1.807) is 12.1 Å². The highest BCUT2D eigenvalue weighted by Gasteiger charge is 2.23. The van der Waals surface area contributed by atoms with Crippen LogP contribution in [0.3, 0.4) is 0 Å². The number of nitro groups is 1. The van der Waals surface area contributed by atoms with Crippen LogP contribution in [-0.2, 0) is 4.74 Å². The van der Waals surface area contributed by atoms with Crippen LogP contribution in [-0.4, -0.2) is 70.1 Å². The Kier molecular flexibility index (Phi) is 6.59. The summed E-state index contributed by atoms with van der Waals surface area (Å²) in [6, 6.07) is 3.18. The van der Waals surface area contributed by atoms with E-state index in [2.05, 4.69) is 36.0 Å². The Balaban J connectivity index is 1.63. The van der Waals surface area contributed by atoms with Gasteiger partial charge in [-0.15, -0.1) is 0 Å². The summed E-state index contributed by atoms with van der Waals surface area (Å²) in [4.78, 5) is 36.9. The molecule has 0 radical (unpaired) electrons. The van der Waals surface area contributed by atoms with Gasteiger partial charge in [-0.1, -0.05) is 0 Å².